The van der Waals surface area contributed by atoms with Crippen LogP contribution in [0.25, 0.3) is 0 Å². The van der Waals surface area contributed by atoms with Crippen molar-refractivity contribution in [3.8, 4) is 0 Å². The first kappa shape index (κ1) is 13.2. The summed E-state index contributed by atoms with van der Waals surface area (Å²) in [6.45, 7) is 2.75. The molecule has 0 amide bonds. The molecule has 1 aromatic carbocycles. The maximum Gasteiger partial charge on any atom is 0.0945 e. The number of hydrogen-bond donors (Lipinski definition) is 1. The van der Waals surface area contributed by atoms with Crippen molar-refractivity contribution in [1.29, 1.82) is 0 Å². The van der Waals surface area contributed by atoms with E-state index >= 15 is 0 Å². The molecule has 1 heterocycles. The molecule has 0 aliphatic heterocycles. The third kappa shape index (κ3) is 3.20. The molecular weight excluding hydrogens is 248 g/mol. The molecule has 20 heavy (non-hydrogen) atoms. The van der Waals surface area contributed by atoms with Gasteiger partial charge >= 0.3 is 0 Å². The minimum atomic E-state index is 0.615. The van der Waals surface area contributed by atoms with E-state index in [4.69, 9.17) is 5.73 Å². The lowest BCUT2D eigenvalue weighted by Gasteiger charge is -2.25. The van der Waals surface area contributed by atoms with Gasteiger partial charge in [-0.25, -0.2) is 4.98 Å². The van der Waals surface area contributed by atoms with Crippen LogP contribution in [-0.2, 0) is 13.1 Å². The molecule has 2 aromatic rings. The zero-order chi connectivity index (χ0) is 13.8. The third-order valence-corrected chi connectivity index (χ3v) is 3.87. The van der Waals surface area contributed by atoms with Crippen molar-refractivity contribution in [2.75, 3.05) is 11.4 Å². The van der Waals surface area contributed by atoms with E-state index < -0.39 is 0 Å². The molecule has 0 atom stereocenters. The fourth-order valence-electron chi connectivity index (χ4n) is 2.57. The number of anilines is 1. The van der Waals surface area contributed by atoms with Crippen LogP contribution in [0, 0.1) is 0 Å². The Morgan fingerprint density at radius 1 is 1.25 bits per heavy atom. The summed E-state index contributed by atoms with van der Waals surface area (Å²) in [5.41, 5.74) is 8.19. The average Bonchev–Trinajstić information content (AvgIpc) is 3.20. The summed E-state index contributed by atoms with van der Waals surface area (Å²) in [6, 6.07) is 9.43. The maximum absolute atomic E-state index is 5.66. The van der Waals surface area contributed by atoms with Gasteiger partial charge in [-0.15, -0.1) is 0 Å². The van der Waals surface area contributed by atoms with Crippen LogP contribution in [0.1, 0.15) is 24.8 Å². The van der Waals surface area contributed by atoms with Gasteiger partial charge in [-0.3, -0.25) is 0 Å². The first-order valence-electron chi connectivity index (χ1n) is 7.38. The van der Waals surface area contributed by atoms with Crippen LogP contribution >= 0.6 is 0 Å². The summed E-state index contributed by atoms with van der Waals surface area (Å²) in [5.74, 6) is 0. The van der Waals surface area contributed by atoms with Gasteiger partial charge in [0.15, 0.2) is 0 Å². The van der Waals surface area contributed by atoms with Crippen molar-refractivity contribution in [2.24, 2.45) is 5.73 Å². The summed E-state index contributed by atoms with van der Waals surface area (Å²) in [5, 5.41) is 0. The normalized spacial score (nSPS) is 14.4. The second-order valence-electron chi connectivity index (χ2n) is 5.45. The zero-order valence-electron chi connectivity index (χ0n) is 11.8. The first-order chi connectivity index (χ1) is 9.86. The monoisotopic (exact) mass is 270 g/mol. The Morgan fingerprint density at radius 2 is 2.05 bits per heavy atom. The van der Waals surface area contributed by atoms with Gasteiger partial charge in [0.05, 0.1) is 6.33 Å². The Balaban J connectivity index is 1.60. The SMILES string of the molecule is NCc1ccc(N(CCCn2ccnc2)C2CC2)cc1. The molecule has 1 aliphatic carbocycles. The first-order valence-corrected chi connectivity index (χ1v) is 7.38. The molecule has 4 heteroatoms. The second-order valence-corrected chi connectivity index (χ2v) is 5.45. The number of rotatable bonds is 7. The zero-order valence-corrected chi connectivity index (χ0v) is 11.8. The van der Waals surface area contributed by atoms with E-state index in [0.29, 0.717) is 6.54 Å². The molecule has 1 aromatic heterocycles. The summed E-state index contributed by atoms with van der Waals surface area (Å²) in [4.78, 5) is 6.62. The van der Waals surface area contributed by atoms with Crippen molar-refractivity contribution in [2.45, 2.75) is 38.4 Å². The smallest absolute Gasteiger partial charge is 0.0945 e. The molecule has 0 unspecified atom stereocenters. The summed E-state index contributed by atoms with van der Waals surface area (Å²) in [6.07, 6.45) is 9.54. The number of benzene rings is 1. The number of aryl methyl sites for hydroxylation is 1. The van der Waals surface area contributed by atoms with Gasteiger partial charge in [0.25, 0.3) is 0 Å². The number of nitrogens with zero attached hydrogens (tertiary/aromatic N) is 3. The minimum absolute atomic E-state index is 0.615. The lowest BCUT2D eigenvalue weighted by Crippen LogP contribution is -2.27. The van der Waals surface area contributed by atoms with E-state index in [2.05, 4.69) is 38.7 Å². The van der Waals surface area contributed by atoms with E-state index in [0.717, 1.165) is 25.6 Å². The lowest BCUT2D eigenvalue weighted by molar-refractivity contribution is 0.619. The standard InChI is InChI=1S/C16H22N4/c17-12-14-2-4-15(5-3-14)20(16-6-7-16)10-1-9-19-11-8-18-13-19/h2-5,8,11,13,16H,1,6-7,9-10,12,17H2. The average molecular weight is 270 g/mol. The van der Waals surface area contributed by atoms with Crippen LogP contribution in [0.15, 0.2) is 43.0 Å². The minimum Gasteiger partial charge on any atom is -0.368 e. The fourth-order valence-corrected chi connectivity index (χ4v) is 2.57. The summed E-state index contributed by atoms with van der Waals surface area (Å²) in [7, 11) is 0. The molecule has 1 fully saturated rings. The van der Waals surface area contributed by atoms with Gasteiger partial charge in [-0.05, 0) is 37.0 Å². The molecule has 1 saturated carbocycles. The van der Waals surface area contributed by atoms with Crippen molar-refractivity contribution < 1.29 is 0 Å². The quantitative estimate of drug-likeness (QED) is 0.840. The highest BCUT2D eigenvalue weighted by molar-refractivity contribution is 5.49. The van der Waals surface area contributed by atoms with Gasteiger partial charge in [0.1, 0.15) is 0 Å². The van der Waals surface area contributed by atoms with E-state index in [1.165, 1.54) is 24.1 Å². The van der Waals surface area contributed by atoms with Crippen molar-refractivity contribution in [1.82, 2.24) is 9.55 Å². The highest BCUT2D eigenvalue weighted by atomic mass is 15.2. The van der Waals surface area contributed by atoms with E-state index in [1.807, 2.05) is 18.7 Å². The fraction of sp³-hybridized carbons (Fsp3) is 0.438. The molecule has 0 saturated heterocycles. The van der Waals surface area contributed by atoms with Gasteiger partial charge in [0.2, 0.25) is 0 Å². The molecule has 3 rings (SSSR count). The van der Waals surface area contributed by atoms with Crippen LogP contribution in [0.5, 0.6) is 0 Å². The second kappa shape index (κ2) is 6.09. The number of imidazole rings is 1. The Hall–Kier alpha value is -1.81. The summed E-state index contributed by atoms with van der Waals surface area (Å²) < 4.78 is 2.14. The van der Waals surface area contributed by atoms with Gasteiger partial charge in [0, 0.05) is 43.8 Å². The Kier molecular flexibility index (Phi) is 4.02. The largest absolute Gasteiger partial charge is 0.368 e. The van der Waals surface area contributed by atoms with Crippen molar-refractivity contribution >= 4 is 5.69 Å². The summed E-state index contributed by atoms with van der Waals surface area (Å²) >= 11 is 0. The van der Waals surface area contributed by atoms with Crippen LogP contribution < -0.4 is 10.6 Å². The van der Waals surface area contributed by atoms with Crippen LogP contribution in [-0.4, -0.2) is 22.1 Å². The molecule has 1 aliphatic rings. The molecule has 2 N–H and O–H groups in total. The van der Waals surface area contributed by atoms with Crippen LogP contribution in [0.4, 0.5) is 5.69 Å². The van der Waals surface area contributed by atoms with Gasteiger partial charge < -0.3 is 15.2 Å². The Bertz CT molecular complexity index is 514. The molecule has 0 spiro atoms. The van der Waals surface area contributed by atoms with Gasteiger partial charge in [-0.2, -0.15) is 0 Å². The molecule has 0 bridgehead atoms. The lowest BCUT2D eigenvalue weighted by atomic mass is 10.2. The van der Waals surface area contributed by atoms with E-state index in [-0.39, 0.29) is 0 Å². The van der Waals surface area contributed by atoms with E-state index in [9.17, 15) is 0 Å². The number of nitrogens with two attached hydrogens (primary N) is 1. The number of hydrogen-bond acceptors (Lipinski definition) is 3. The highest BCUT2D eigenvalue weighted by Gasteiger charge is 2.28. The van der Waals surface area contributed by atoms with Crippen LogP contribution in [0.3, 0.4) is 0 Å². The molecule has 4 nitrogen and oxygen atoms in total. The van der Waals surface area contributed by atoms with Crippen LogP contribution in [0.2, 0.25) is 0 Å². The third-order valence-electron chi connectivity index (χ3n) is 3.87. The highest BCUT2D eigenvalue weighted by Crippen LogP contribution is 2.31. The van der Waals surface area contributed by atoms with Crippen molar-refractivity contribution in [3.05, 3.63) is 48.5 Å². The Labute approximate surface area is 120 Å². The maximum atomic E-state index is 5.66. The predicted molar refractivity (Wildman–Crippen MR) is 81.5 cm³/mol. The molecular formula is C16H22N4. The number of aromatic nitrogens is 2. The topological polar surface area (TPSA) is 47.1 Å². The van der Waals surface area contributed by atoms with E-state index in [1.54, 1.807) is 0 Å². The Morgan fingerprint density at radius 3 is 2.65 bits per heavy atom. The molecule has 106 valence electrons. The predicted octanol–water partition coefficient (Wildman–Crippen LogP) is 2.40. The van der Waals surface area contributed by atoms with Crippen molar-refractivity contribution in [3.63, 3.8) is 0 Å². The molecule has 0 radical (unpaired) electrons. The van der Waals surface area contributed by atoms with Gasteiger partial charge in [-0.1, -0.05) is 12.1 Å².